The summed E-state index contributed by atoms with van der Waals surface area (Å²) in [4.78, 5) is 25.4. The number of hydrogen-bond donors (Lipinski definition) is 2. The summed E-state index contributed by atoms with van der Waals surface area (Å²) in [6, 6.07) is 0. The Bertz CT molecular complexity index is 159. The van der Waals surface area contributed by atoms with Crippen LogP contribution in [0.4, 0.5) is 0 Å². The van der Waals surface area contributed by atoms with Crippen molar-refractivity contribution >= 4 is 11.8 Å². The quantitative estimate of drug-likeness (QED) is 0.429. The molecule has 0 aromatic carbocycles. The molecular formula is C7H14N2O3. The van der Waals surface area contributed by atoms with Crippen LogP contribution in [-0.2, 0) is 14.4 Å². The normalized spacial score (nSPS) is 9.42. The van der Waals surface area contributed by atoms with Crippen molar-refractivity contribution < 1.29 is 14.4 Å². The van der Waals surface area contributed by atoms with Gasteiger partial charge in [0.1, 0.15) is 0 Å². The van der Waals surface area contributed by atoms with Gasteiger partial charge in [-0.1, -0.05) is 0 Å². The minimum absolute atomic E-state index is 0.179. The maximum atomic E-state index is 10.7. The predicted molar refractivity (Wildman–Crippen MR) is 42.8 cm³/mol. The highest BCUT2D eigenvalue weighted by Gasteiger charge is 2.00. The molecule has 0 saturated carbocycles. The van der Waals surface area contributed by atoms with Crippen molar-refractivity contribution in [1.82, 2.24) is 5.48 Å². The van der Waals surface area contributed by atoms with E-state index in [0.717, 1.165) is 0 Å². The van der Waals surface area contributed by atoms with E-state index < -0.39 is 0 Å². The standard InChI is InChI=1S/C7H14N2O3/c1-12-9-7(11)5-3-2-4-6(8)10/h2-5H2,1H3,(H2,8,10)(H,9,11). The molecule has 0 spiro atoms. The Balaban J connectivity index is 3.19. The number of carbonyl (C=O) groups is 2. The van der Waals surface area contributed by atoms with E-state index in [1.165, 1.54) is 7.11 Å². The Hall–Kier alpha value is -1.10. The third-order valence-corrected chi connectivity index (χ3v) is 1.29. The highest BCUT2D eigenvalue weighted by molar-refractivity contribution is 5.75. The first-order valence-electron chi connectivity index (χ1n) is 3.77. The van der Waals surface area contributed by atoms with Crippen molar-refractivity contribution in [3.05, 3.63) is 0 Å². The van der Waals surface area contributed by atoms with Crippen LogP contribution in [0.3, 0.4) is 0 Å². The van der Waals surface area contributed by atoms with Crippen LogP contribution < -0.4 is 11.2 Å². The number of hydrogen-bond acceptors (Lipinski definition) is 3. The molecule has 0 aliphatic carbocycles. The van der Waals surface area contributed by atoms with E-state index in [-0.39, 0.29) is 11.8 Å². The van der Waals surface area contributed by atoms with Gasteiger partial charge in [0.05, 0.1) is 7.11 Å². The molecule has 0 fully saturated rings. The minimum atomic E-state index is -0.331. The molecule has 3 N–H and O–H groups in total. The fourth-order valence-corrected chi connectivity index (χ4v) is 0.750. The molecule has 0 aromatic heterocycles. The number of nitrogens with one attached hydrogen (secondary N) is 1. The largest absolute Gasteiger partial charge is 0.370 e. The van der Waals surface area contributed by atoms with Crippen LogP contribution in [0, 0.1) is 0 Å². The lowest BCUT2D eigenvalue weighted by molar-refractivity contribution is -0.131. The summed E-state index contributed by atoms with van der Waals surface area (Å²) in [5.41, 5.74) is 7.08. The van der Waals surface area contributed by atoms with Crippen molar-refractivity contribution in [2.75, 3.05) is 7.11 Å². The number of carbonyl (C=O) groups excluding carboxylic acids is 2. The molecule has 0 unspecified atom stereocenters. The van der Waals surface area contributed by atoms with Gasteiger partial charge >= 0.3 is 0 Å². The van der Waals surface area contributed by atoms with Gasteiger partial charge in [-0.3, -0.25) is 14.4 Å². The zero-order valence-corrected chi connectivity index (χ0v) is 7.13. The number of primary amides is 1. The van der Waals surface area contributed by atoms with Crippen LogP contribution in [0.2, 0.25) is 0 Å². The molecule has 0 heterocycles. The summed E-state index contributed by atoms with van der Waals surface area (Å²) in [6.07, 6.45) is 1.99. The molecule has 12 heavy (non-hydrogen) atoms. The molecule has 5 heteroatoms. The fraction of sp³-hybridized carbons (Fsp3) is 0.714. The average molecular weight is 174 g/mol. The second kappa shape index (κ2) is 6.60. The number of rotatable bonds is 6. The van der Waals surface area contributed by atoms with Crippen LogP contribution in [0.15, 0.2) is 0 Å². The lowest BCUT2D eigenvalue weighted by atomic mass is 10.2. The monoisotopic (exact) mass is 174 g/mol. The lowest BCUT2D eigenvalue weighted by Gasteiger charge is -2.00. The summed E-state index contributed by atoms with van der Waals surface area (Å²) in [5, 5.41) is 0. The summed E-state index contributed by atoms with van der Waals surface area (Å²) in [6.45, 7) is 0. The van der Waals surface area contributed by atoms with Gasteiger partial charge in [-0.05, 0) is 12.8 Å². The molecule has 0 bridgehead atoms. The lowest BCUT2D eigenvalue weighted by Crippen LogP contribution is -2.21. The Labute approximate surface area is 71.2 Å². The van der Waals surface area contributed by atoms with E-state index in [1.807, 2.05) is 0 Å². The molecule has 70 valence electrons. The second-order valence-electron chi connectivity index (χ2n) is 2.40. The highest BCUT2D eigenvalue weighted by Crippen LogP contribution is 1.98. The zero-order chi connectivity index (χ0) is 9.40. The Kier molecular flexibility index (Phi) is 6.00. The molecule has 0 radical (unpaired) electrons. The molecular weight excluding hydrogens is 160 g/mol. The Morgan fingerprint density at radius 3 is 2.42 bits per heavy atom. The van der Waals surface area contributed by atoms with E-state index in [0.29, 0.717) is 25.7 Å². The maximum absolute atomic E-state index is 10.7. The number of hydroxylamine groups is 1. The number of nitrogens with two attached hydrogens (primary N) is 1. The van der Waals surface area contributed by atoms with E-state index in [4.69, 9.17) is 5.73 Å². The molecule has 0 atom stereocenters. The summed E-state index contributed by atoms with van der Waals surface area (Å²) < 4.78 is 0. The van der Waals surface area contributed by atoms with E-state index in [2.05, 4.69) is 10.3 Å². The molecule has 0 rings (SSSR count). The maximum Gasteiger partial charge on any atom is 0.243 e. The minimum Gasteiger partial charge on any atom is -0.370 e. The molecule has 0 aliphatic rings. The van der Waals surface area contributed by atoms with Gasteiger partial charge in [-0.2, -0.15) is 0 Å². The predicted octanol–water partition coefficient (Wildman–Crippen LogP) is -0.290. The second-order valence-corrected chi connectivity index (χ2v) is 2.40. The van der Waals surface area contributed by atoms with Gasteiger partial charge < -0.3 is 5.73 Å². The topological polar surface area (TPSA) is 81.4 Å². The van der Waals surface area contributed by atoms with E-state index in [9.17, 15) is 9.59 Å². The third kappa shape index (κ3) is 7.01. The van der Waals surface area contributed by atoms with Crippen LogP contribution >= 0.6 is 0 Å². The average Bonchev–Trinajstić information content (AvgIpc) is 1.98. The molecule has 0 aliphatic heterocycles. The van der Waals surface area contributed by atoms with Gasteiger partial charge in [0.25, 0.3) is 0 Å². The summed E-state index contributed by atoms with van der Waals surface area (Å²) in [5.74, 6) is -0.510. The van der Waals surface area contributed by atoms with Crippen molar-refractivity contribution in [2.24, 2.45) is 5.73 Å². The zero-order valence-electron chi connectivity index (χ0n) is 7.13. The summed E-state index contributed by atoms with van der Waals surface area (Å²) >= 11 is 0. The highest BCUT2D eigenvalue weighted by atomic mass is 16.6. The first-order chi connectivity index (χ1) is 5.66. The fourth-order valence-electron chi connectivity index (χ4n) is 0.750. The van der Waals surface area contributed by atoms with Gasteiger partial charge in [0.2, 0.25) is 11.8 Å². The molecule has 0 saturated heterocycles. The van der Waals surface area contributed by atoms with Crippen LogP contribution in [-0.4, -0.2) is 18.9 Å². The van der Waals surface area contributed by atoms with Crippen molar-refractivity contribution in [3.8, 4) is 0 Å². The van der Waals surface area contributed by atoms with Crippen molar-refractivity contribution in [1.29, 1.82) is 0 Å². The van der Waals surface area contributed by atoms with Gasteiger partial charge in [0.15, 0.2) is 0 Å². The van der Waals surface area contributed by atoms with Crippen LogP contribution in [0.25, 0.3) is 0 Å². The van der Waals surface area contributed by atoms with Gasteiger partial charge in [0, 0.05) is 12.8 Å². The van der Waals surface area contributed by atoms with Crippen LogP contribution in [0.5, 0.6) is 0 Å². The Morgan fingerprint density at radius 1 is 1.33 bits per heavy atom. The first kappa shape index (κ1) is 10.9. The van der Waals surface area contributed by atoms with Crippen molar-refractivity contribution in [2.45, 2.75) is 25.7 Å². The van der Waals surface area contributed by atoms with E-state index >= 15 is 0 Å². The van der Waals surface area contributed by atoms with E-state index in [1.54, 1.807) is 0 Å². The SMILES string of the molecule is CONC(=O)CCCCC(N)=O. The number of amides is 2. The number of unbranched alkanes of at least 4 members (excludes halogenated alkanes) is 1. The smallest absolute Gasteiger partial charge is 0.243 e. The summed E-state index contributed by atoms with van der Waals surface area (Å²) in [7, 11) is 1.38. The first-order valence-corrected chi connectivity index (χ1v) is 3.77. The molecule has 5 nitrogen and oxygen atoms in total. The van der Waals surface area contributed by atoms with Gasteiger partial charge in [-0.15, -0.1) is 0 Å². The molecule has 2 amide bonds. The Morgan fingerprint density at radius 2 is 1.92 bits per heavy atom. The van der Waals surface area contributed by atoms with Gasteiger partial charge in [-0.25, -0.2) is 5.48 Å². The molecule has 0 aromatic rings. The third-order valence-electron chi connectivity index (χ3n) is 1.29. The van der Waals surface area contributed by atoms with Crippen molar-refractivity contribution in [3.63, 3.8) is 0 Å². The van der Waals surface area contributed by atoms with Crippen LogP contribution in [0.1, 0.15) is 25.7 Å².